The van der Waals surface area contributed by atoms with Crippen LogP contribution < -0.4 is 5.32 Å². The Labute approximate surface area is 126 Å². The average Bonchev–Trinajstić information content (AvgIpc) is 2.77. The van der Waals surface area contributed by atoms with Crippen LogP contribution in [-0.4, -0.2) is 12.0 Å². The summed E-state index contributed by atoms with van der Waals surface area (Å²) in [7, 11) is 1.63. The minimum absolute atomic E-state index is 0.180. The van der Waals surface area contributed by atoms with Gasteiger partial charge in [0.2, 0.25) is 0 Å². The highest BCUT2D eigenvalue weighted by Crippen LogP contribution is 2.35. The van der Waals surface area contributed by atoms with Crippen molar-refractivity contribution in [1.82, 2.24) is 10.3 Å². The Balaban J connectivity index is 2.30. The molecule has 0 saturated carbocycles. The average molecular weight is 314 g/mol. The normalized spacial score (nSPS) is 11.9. The quantitative estimate of drug-likeness (QED) is 0.919. The molecule has 1 aromatic heterocycles. The highest BCUT2D eigenvalue weighted by atomic mass is 32.1. The highest BCUT2D eigenvalue weighted by molar-refractivity contribution is 7.11. The SMILES string of the molecule is CNCc1sc(Cc2ccc(C)c(C)c2)nc1C(F)(F)F. The molecular formula is C15H17F3N2S. The van der Waals surface area contributed by atoms with E-state index in [-0.39, 0.29) is 11.4 Å². The molecule has 0 aliphatic rings. The standard InChI is InChI=1S/C15H17F3N2S/c1-9-4-5-11(6-10(9)2)7-13-20-14(15(16,17)18)12(21-13)8-19-3/h4-6,19H,7-8H2,1-3H3. The van der Waals surface area contributed by atoms with Gasteiger partial charge in [0, 0.05) is 13.0 Å². The van der Waals surface area contributed by atoms with Crippen molar-refractivity contribution in [2.45, 2.75) is 33.0 Å². The van der Waals surface area contributed by atoms with Crippen LogP contribution in [0.3, 0.4) is 0 Å². The summed E-state index contributed by atoms with van der Waals surface area (Å²) in [5, 5.41) is 3.26. The molecule has 1 aromatic carbocycles. The van der Waals surface area contributed by atoms with Crippen LogP contribution in [-0.2, 0) is 19.1 Å². The van der Waals surface area contributed by atoms with Crippen LogP contribution in [0.1, 0.15) is 32.3 Å². The highest BCUT2D eigenvalue weighted by Gasteiger charge is 2.37. The first-order valence-electron chi connectivity index (χ1n) is 6.57. The van der Waals surface area contributed by atoms with Crippen molar-refractivity contribution in [1.29, 1.82) is 0 Å². The van der Waals surface area contributed by atoms with Gasteiger partial charge in [0.25, 0.3) is 0 Å². The molecule has 21 heavy (non-hydrogen) atoms. The third-order valence-corrected chi connectivity index (χ3v) is 4.33. The van der Waals surface area contributed by atoms with Crippen LogP contribution in [0.25, 0.3) is 0 Å². The van der Waals surface area contributed by atoms with Crippen molar-refractivity contribution in [3.8, 4) is 0 Å². The number of alkyl halides is 3. The topological polar surface area (TPSA) is 24.9 Å². The molecule has 2 nitrogen and oxygen atoms in total. The summed E-state index contributed by atoms with van der Waals surface area (Å²) in [6.45, 7) is 4.18. The zero-order valence-corrected chi connectivity index (χ0v) is 13.0. The Morgan fingerprint density at radius 2 is 1.90 bits per heavy atom. The van der Waals surface area contributed by atoms with Gasteiger partial charge in [-0.1, -0.05) is 18.2 Å². The van der Waals surface area contributed by atoms with E-state index in [4.69, 9.17) is 0 Å². The summed E-state index contributed by atoms with van der Waals surface area (Å²) in [4.78, 5) is 4.04. The molecule has 0 amide bonds. The van der Waals surface area contributed by atoms with Crippen LogP contribution >= 0.6 is 11.3 Å². The fraction of sp³-hybridized carbons (Fsp3) is 0.400. The van der Waals surface area contributed by atoms with Crippen LogP contribution in [0.5, 0.6) is 0 Å². The number of nitrogens with one attached hydrogen (secondary N) is 1. The van der Waals surface area contributed by atoms with Gasteiger partial charge in [0.15, 0.2) is 5.69 Å². The van der Waals surface area contributed by atoms with E-state index in [1.165, 1.54) is 5.56 Å². The Bertz CT molecular complexity index is 632. The maximum Gasteiger partial charge on any atom is 0.434 e. The van der Waals surface area contributed by atoms with Gasteiger partial charge in [-0.25, -0.2) is 4.98 Å². The van der Waals surface area contributed by atoms with E-state index in [0.29, 0.717) is 11.4 Å². The van der Waals surface area contributed by atoms with Crippen LogP contribution in [0.2, 0.25) is 0 Å². The van der Waals surface area contributed by atoms with E-state index in [0.717, 1.165) is 22.5 Å². The zero-order chi connectivity index (χ0) is 15.6. The van der Waals surface area contributed by atoms with E-state index in [1.54, 1.807) is 7.05 Å². The number of rotatable bonds is 4. The van der Waals surface area contributed by atoms with Crippen LogP contribution in [0, 0.1) is 13.8 Å². The smallest absolute Gasteiger partial charge is 0.315 e. The molecule has 0 spiro atoms. The summed E-state index contributed by atoms with van der Waals surface area (Å²) in [5.74, 6) is 0. The zero-order valence-electron chi connectivity index (χ0n) is 12.1. The van der Waals surface area contributed by atoms with Gasteiger partial charge in [-0.05, 0) is 37.6 Å². The Hall–Kier alpha value is -1.40. The number of hydrogen-bond acceptors (Lipinski definition) is 3. The molecule has 0 aliphatic heterocycles. The molecule has 114 valence electrons. The fourth-order valence-corrected chi connectivity index (χ4v) is 3.20. The lowest BCUT2D eigenvalue weighted by Crippen LogP contribution is -2.12. The summed E-state index contributed by atoms with van der Waals surface area (Å²) in [6.07, 6.45) is -3.97. The molecule has 0 fully saturated rings. The number of nitrogens with zero attached hydrogens (tertiary/aromatic N) is 1. The number of aromatic nitrogens is 1. The third kappa shape index (κ3) is 3.83. The van der Waals surface area contributed by atoms with Gasteiger partial charge in [0.05, 0.1) is 9.88 Å². The van der Waals surface area contributed by atoms with Gasteiger partial charge >= 0.3 is 6.18 Å². The van der Waals surface area contributed by atoms with Crippen molar-refractivity contribution < 1.29 is 13.2 Å². The Morgan fingerprint density at radius 3 is 2.48 bits per heavy atom. The number of hydrogen-bond donors (Lipinski definition) is 1. The summed E-state index contributed by atoms with van der Waals surface area (Å²) in [5.41, 5.74) is 2.53. The van der Waals surface area contributed by atoms with Crippen molar-refractivity contribution in [3.63, 3.8) is 0 Å². The predicted octanol–water partition coefficient (Wildman–Crippen LogP) is 4.09. The van der Waals surface area contributed by atoms with Crippen molar-refractivity contribution in [3.05, 3.63) is 50.5 Å². The Morgan fingerprint density at radius 1 is 1.19 bits per heavy atom. The monoisotopic (exact) mass is 314 g/mol. The molecule has 6 heteroatoms. The molecule has 0 bridgehead atoms. The first-order valence-corrected chi connectivity index (χ1v) is 7.39. The van der Waals surface area contributed by atoms with Gasteiger partial charge in [0.1, 0.15) is 0 Å². The van der Waals surface area contributed by atoms with Gasteiger partial charge in [-0.15, -0.1) is 11.3 Å². The van der Waals surface area contributed by atoms with Gasteiger partial charge in [-0.3, -0.25) is 0 Å². The van der Waals surface area contributed by atoms with Crippen molar-refractivity contribution >= 4 is 11.3 Å². The Kier molecular flexibility index (Phi) is 4.68. The van der Waals surface area contributed by atoms with Crippen LogP contribution in [0.15, 0.2) is 18.2 Å². The summed E-state index contributed by atoms with van der Waals surface area (Å²) < 4.78 is 38.9. The molecule has 0 unspecified atom stereocenters. The molecule has 2 rings (SSSR count). The van der Waals surface area contributed by atoms with E-state index < -0.39 is 11.9 Å². The lowest BCUT2D eigenvalue weighted by molar-refractivity contribution is -0.141. The van der Waals surface area contributed by atoms with E-state index in [2.05, 4.69) is 10.3 Å². The van der Waals surface area contributed by atoms with E-state index in [1.807, 2.05) is 32.0 Å². The van der Waals surface area contributed by atoms with Gasteiger partial charge < -0.3 is 5.32 Å². The lowest BCUT2D eigenvalue weighted by atomic mass is 10.0. The number of benzene rings is 1. The van der Waals surface area contributed by atoms with Crippen LogP contribution in [0.4, 0.5) is 13.2 Å². The first kappa shape index (κ1) is 16.0. The molecule has 0 radical (unpaired) electrons. The molecule has 1 N–H and O–H groups in total. The largest absolute Gasteiger partial charge is 0.434 e. The third-order valence-electron chi connectivity index (χ3n) is 3.27. The fourth-order valence-electron chi connectivity index (χ4n) is 2.07. The molecule has 0 aliphatic carbocycles. The predicted molar refractivity (Wildman–Crippen MR) is 78.6 cm³/mol. The van der Waals surface area contributed by atoms with E-state index in [9.17, 15) is 13.2 Å². The lowest BCUT2D eigenvalue weighted by Gasteiger charge is -2.05. The second-order valence-corrected chi connectivity index (χ2v) is 6.17. The summed E-state index contributed by atoms with van der Waals surface area (Å²) in [6, 6.07) is 5.92. The molecule has 0 saturated heterocycles. The summed E-state index contributed by atoms with van der Waals surface area (Å²) >= 11 is 1.12. The molecular weight excluding hydrogens is 297 g/mol. The van der Waals surface area contributed by atoms with Gasteiger partial charge in [-0.2, -0.15) is 13.2 Å². The first-order chi connectivity index (χ1) is 9.81. The van der Waals surface area contributed by atoms with Crippen molar-refractivity contribution in [2.75, 3.05) is 7.05 Å². The maximum absolute atomic E-state index is 13.0. The second-order valence-electron chi connectivity index (χ2n) is 5.00. The molecule has 2 aromatic rings. The minimum Gasteiger partial charge on any atom is -0.315 e. The minimum atomic E-state index is -4.40. The van der Waals surface area contributed by atoms with Crippen molar-refractivity contribution in [2.24, 2.45) is 0 Å². The number of halogens is 3. The second kappa shape index (κ2) is 6.15. The number of aryl methyl sites for hydroxylation is 2. The maximum atomic E-state index is 13.0. The number of thiazole rings is 1. The molecule has 1 heterocycles. The molecule has 0 atom stereocenters. The van der Waals surface area contributed by atoms with E-state index >= 15 is 0 Å².